The van der Waals surface area contributed by atoms with Gasteiger partial charge in [-0.25, -0.2) is 0 Å². The third kappa shape index (κ3) is 7.91. The van der Waals surface area contributed by atoms with Gasteiger partial charge in [-0.15, -0.1) is 0 Å². The number of rotatable bonds is 12. The number of nitrogens with one attached hydrogen (secondary N) is 2. The summed E-state index contributed by atoms with van der Waals surface area (Å²) in [4.78, 5) is 37.2. The summed E-state index contributed by atoms with van der Waals surface area (Å²) in [7, 11) is 1.33. The van der Waals surface area contributed by atoms with Gasteiger partial charge in [-0.05, 0) is 35.2 Å². The van der Waals surface area contributed by atoms with Gasteiger partial charge >= 0.3 is 11.9 Å². The maximum Gasteiger partial charge on any atom is 0.323 e. The largest absolute Gasteiger partial charge is 0.489 e. The zero-order valence-electron chi connectivity index (χ0n) is 21.3. The van der Waals surface area contributed by atoms with Crippen LogP contribution in [0.3, 0.4) is 0 Å². The standard InChI is InChI=1S/C30H32N2O6/c1-36-30(35)27(16-21-12-14-24(15-13-21)37-19-22-8-4-2-5-9-22)31-25-17-28(33)32-26(25)18-29(34)38-20-23-10-6-3-7-11-23/h2-15,25-27,31H,16-20H2,1H3,(H,32,33)/t25-,26+,27-/m0/s1. The topological polar surface area (TPSA) is 103 Å². The smallest absolute Gasteiger partial charge is 0.323 e. The molecule has 0 saturated carbocycles. The number of ether oxygens (including phenoxy) is 3. The minimum absolute atomic E-state index is 0.00240. The number of amides is 1. The molecule has 1 fully saturated rings. The molecule has 0 unspecified atom stereocenters. The van der Waals surface area contributed by atoms with Crippen molar-refractivity contribution in [3.63, 3.8) is 0 Å². The van der Waals surface area contributed by atoms with Crippen LogP contribution >= 0.6 is 0 Å². The van der Waals surface area contributed by atoms with Crippen molar-refractivity contribution in [2.75, 3.05) is 7.11 Å². The van der Waals surface area contributed by atoms with E-state index in [9.17, 15) is 14.4 Å². The monoisotopic (exact) mass is 516 g/mol. The summed E-state index contributed by atoms with van der Waals surface area (Å²) >= 11 is 0. The van der Waals surface area contributed by atoms with E-state index in [2.05, 4.69) is 10.6 Å². The van der Waals surface area contributed by atoms with Crippen molar-refractivity contribution in [3.8, 4) is 5.75 Å². The Labute approximate surface area is 222 Å². The molecule has 1 heterocycles. The SMILES string of the molecule is COC(=O)[C@H](Cc1ccc(OCc2ccccc2)cc1)N[C@H]1CC(=O)N[C@@H]1CC(=O)OCc1ccccc1. The maximum atomic E-state index is 12.6. The first-order valence-electron chi connectivity index (χ1n) is 12.6. The molecule has 4 rings (SSSR count). The lowest BCUT2D eigenvalue weighted by atomic mass is 10.0. The van der Waals surface area contributed by atoms with Gasteiger partial charge < -0.3 is 19.5 Å². The molecule has 0 radical (unpaired) electrons. The lowest BCUT2D eigenvalue weighted by molar-refractivity contribution is -0.145. The van der Waals surface area contributed by atoms with E-state index < -0.39 is 30.1 Å². The molecule has 8 nitrogen and oxygen atoms in total. The van der Waals surface area contributed by atoms with E-state index >= 15 is 0 Å². The van der Waals surface area contributed by atoms with Crippen LogP contribution in [0.4, 0.5) is 0 Å². The lowest BCUT2D eigenvalue weighted by Gasteiger charge is -2.25. The molecule has 198 valence electrons. The third-order valence-electron chi connectivity index (χ3n) is 6.38. The van der Waals surface area contributed by atoms with Crippen molar-refractivity contribution < 1.29 is 28.6 Å². The van der Waals surface area contributed by atoms with Crippen LogP contribution in [-0.4, -0.2) is 43.1 Å². The van der Waals surface area contributed by atoms with E-state index in [1.54, 1.807) is 0 Å². The van der Waals surface area contributed by atoms with Crippen molar-refractivity contribution in [1.82, 2.24) is 10.6 Å². The van der Waals surface area contributed by atoms with Crippen LogP contribution in [0.15, 0.2) is 84.9 Å². The van der Waals surface area contributed by atoms with Crippen molar-refractivity contribution in [2.24, 2.45) is 0 Å². The van der Waals surface area contributed by atoms with Crippen LogP contribution in [-0.2, 0) is 43.5 Å². The normalized spacial score (nSPS) is 17.3. The van der Waals surface area contributed by atoms with E-state index in [0.29, 0.717) is 13.0 Å². The molecule has 0 aromatic heterocycles. The summed E-state index contributed by atoms with van der Waals surface area (Å²) < 4.78 is 16.2. The molecular weight excluding hydrogens is 484 g/mol. The van der Waals surface area contributed by atoms with Crippen LogP contribution in [0.25, 0.3) is 0 Å². The summed E-state index contributed by atoms with van der Waals surface area (Å²) in [5.41, 5.74) is 2.86. The fraction of sp³-hybridized carbons (Fsp3) is 0.300. The highest BCUT2D eigenvalue weighted by Crippen LogP contribution is 2.18. The fourth-order valence-electron chi connectivity index (χ4n) is 4.36. The molecule has 1 saturated heterocycles. The van der Waals surface area contributed by atoms with E-state index in [-0.39, 0.29) is 25.4 Å². The Morgan fingerprint density at radius 2 is 1.53 bits per heavy atom. The molecule has 3 aromatic carbocycles. The minimum atomic E-state index is -0.698. The Hall–Kier alpha value is -4.17. The minimum Gasteiger partial charge on any atom is -0.489 e. The molecule has 1 aliphatic heterocycles. The molecule has 3 atom stereocenters. The molecule has 38 heavy (non-hydrogen) atoms. The molecular formula is C30H32N2O6. The molecule has 0 spiro atoms. The highest BCUT2D eigenvalue weighted by molar-refractivity contribution is 5.82. The average Bonchev–Trinajstić information content (AvgIpc) is 3.29. The second-order valence-corrected chi connectivity index (χ2v) is 9.20. The van der Waals surface area contributed by atoms with Gasteiger partial charge in [0.25, 0.3) is 0 Å². The van der Waals surface area contributed by atoms with Crippen LogP contribution in [0.5, 0.6) is 5.75 Å². The first-order valence-corrected chi connectivity index (χ1v) is 12.6. The Morgan fingerprint density at radius 1 is 0.895 bits per heavy atom. The van der Waals surface area contributed by atoms with Crippen LogP contribution in [0.1, 0.15) is 29.5 Å². The molecule has 2 N–H and O–H groups in total. The third-order valence-corrected chi connectivity index (χ3v) is 6.38. The van der Waals surface area contributed by atoms with Gasteiger partial charge in [0.05, 0.1) is 19.6 Å². The number of benzene rings is 3. The van der Waals surface area contributed by atoms with Gasteiger partial charge in [0, 0.05) is 12.5 Å². The summed E-state index contributed by atoms with van der Waals surface area (Å²) in [5, 5.41) is 6.06. The predicted octanol–water partition coefficient (Wildman–Crippen LogP) is 3.33. The van der Waals surface area contributed by atoms with Gasteiger partial charge in [-0.2, -0.15) is 0 Å². The summed E-state index contributed by atoms with van der Waals surface area (Å²) in [6.45, 7) is 0.624. The van der Waals surface area contributed by atoms with Crippen molar-refractivity contribution in [1.29, 1.82) is 0 Å². The average molecular weight is 517 g/mol. The van der Waals surface area contributed by atoms with Gasteiger partial charge in [-0.3, -0.25) is 19.7 Å². The Bertz CT molecular complexity index is 1200. The summed E-state index contributed by atoms with van der Waals surface area (Å²) in [5.74, 6) is -0.334. The maximum absolute atomic E-state index is 12.6. The van der Waals surface area contributed by atoms with E-state index in [1.807, 2.05) is 84.9 Å². The number of esters is 2. The number of carbonyl (C=O) groups is 3. The van der Waals surface area contributed by atoms with Gasteiger partial charge in [-0.1, -0.05) is 72.8 Å². The van der Waals surface area contributed by atoms with Gasteiger partial charge in [0.1, 0.15) is 25.0 Å². The zero-order valence-corrected chi connectivity index (χ0v) is 21.3. The highest BCUT2D eigenvalue weighted by Gasteiger charge is 2.37. The molecule has 1 amide bonds. The zero-order chi connectivity index (χ0) is 26.7. The number of methoxy groups -OCH3 is 1. The summed E-state index contributed by atoms with van der Waals surface area (Å²) in [6, 6.07) is 25.2. The first kappa shape index (κ1) is 26.9. The number of hydrogen-bond donors (Lipinski definition) is 2. The van der Waals surface area contributed by atoms with Crippen molar-refractivity contribution >= 4 is 17.8 Å². The molecule has 0 aliphatic carbocycles. The fourth-order valence-corrected chi connectivity index (χ4v) is 4.36. The molecule has 0 bridgehead atoms. The Morgan fingerprint density at radius 3 is 2.16 bits per heavy atom. The first-order chi connectivity index (χ1) is 18.5. The van der Waals surface area contributed by atoms with Crippen molar-refractivity contribution in [3.05, 3.63) is 102 Å². The van der Waals surface area contributed by atoms with E-state index in [4.69, 9.17) is 14.2 Å². The second kappa shape index (κ2) is 13.4. The van der Waals surface area contributed by atoms with Gasteiger partial charge in [0.2, 0.25) is 5.91 Å². The Kier molecular flexibility index (Phi) is 9.48. The van der Waals surface area contributed by atoms with E-state index in [0.717, 1.165) is 22.4 Å². The molecule has 1 aliphatic rings. The quantitative estimate of drug-likeness (QED) is 0.356. The van der Waals surface area contributed by atoms with E-state index in [1.165, 1.54) is 7.11 Å². The second-order valence-electron chi connectivity index (χ2n) is 9.20. The van der Waals surface area contributed by atoms with Crippen molar-refractivity contribution in [2.45, 2.75) is 50.6 Å². The Balaban J connectivity index is 1.33. The molecule has 3 aromatic rings. The highest BCUT2D eigenvalue weighted by atomic mass is 16.5. The predicted molar refractivity (Wildman–Crippen MR) is 141 cm³/mol. The van der Waals surface area contributed by atoms with Crippen LogP contribution in [0.2, 0.25) is 0 Å². The van der Waals surface area contributed by atoms with Crippen LogP contribution in [0, 0.1) is 0 Å². The van der Waals surface area contributed by atoms with Gasteiger partial charge in [0.15, 0.2) is 0 Å². The summed E-state index contributed by atoms with van der Waals surface area (Å²) in [6.07, 6.45) is 0.496. The number of hydrogen-bond acceptors (Lipinski definition) is 7. The lowest BCUT2D eigenvalue weighted by Crippen LogP contribution is -2.50. The molecule has 8 heteroatoms. The van der Waals surface area contributed by atoms with Crippen LogP contribution < -0.4 is 15.4 Å². The number of carbonyl (C=O) groups excluding carboxylic acids is 3.